The van der Waals surface area contributed by atoms with Crippen LogP contribution in [-0.2, 0) is 11.0 Å². The lowest BCUT2D eigenvalue weighted by molar-refractivity contribution is -0.138. The Bertz CT molecular complexity index is 444. The average molecular weight is 269 g/mol. The van der Waals surface area contributed by atoms with Gasteiger partial charge in [-0.2, -0.15) is 13.2 Å². The van der Waals surface area contributed by atoms with Crippen LogP contribution in [0, 0.1) is 0 Å². The first-order valence-corrected chi connectivity index (χ1v) is 4.66. The molecule has 0 unspecified atom stereocenters. The molecule has 0 spiro atoms. The molecule has 2 N–H and O–H groups in total. The molecule has 1 aromatic rings. The second kappa shape index (κ2) is 5.19. The first kappa shape index (κ1) is 14.2. The smallest absolute Gasteiger partial charge is 0.418 e. The molecule has 0 saturated heterocycles. The molecule has 0 fully saturated rings. The third-order valence-corrected chi connectivity index (χ3v) is 2.03. The monoisotopic (exact) mass is 269 g/mol. The van der Waals surface area contributed by atoms with Gasteiger partial charge in [-0.3, -0.25) is 4.79 Å². The fraction of sp³-hybridized carbons (Fsp3) is 0.300. The van der Waals surface area contributed by atoms with Crippen LogP contribution in [-0.4, -0.2) is 17.6 Å². The number of carboxylic acids is 1. The predicted molar refractivity (Wildman–Crippen MR) is 52.5 cm³/mol. The molecular formula is C10H8F5NO2. The van der Waals surface area contributed by atoms with Gasteiger partial charge in [0.2, 0.25) is 0 Å². The Morgan fingerprint density at radius 3 is 2.39 bits per heavy atom. The number of halogens is 5. The SMILES string of the molecule is O=C(O)CNc1ccc(C(F)F)cc1C(F)(F)F. The summed E-state index contributed by atoms with van der Waals surface area (Å²) >= 11 is 0. The van der Waals surface area contributed by atoms with Gasteiger partial charge in [0.05, 0.1) is 5.56 Å². The maximum atomic E-state index is 12.6. The zero-order valence-electron chi connectivity index (χ0n) is 8.76. The van der Waals surface area contributed by atoms with E-state index < -0.39 is 41.9 Å². The predicted octanol–water partition coefficient (Wildman–Crippen LogP) is 3.14. The van der Waals surface area contributed by atoms with E-state index in [0.29, 0.717) is 6.07 Å². The highest BCUT2D eigenvalue weighted by Crippen LogP contribution is 2.37. The Labute approximate surface area is 98.2 Å². The number of carbonyl (C=O) groups is 1. The molecule has 8 heteroatoms. The molecule has 0 aliphatic heterocycles. The number of alkyl halides is 5. The van der Waals surface area contributed by atoms with Crippen molar-refractivity contribution in [2.45, 2.75) is 12.6 Å². The molecular weight excluding hydrogens is 261 g/mol. The number of carboxylic acid groups (broad SMARTS) is 1. The largest absolute Gasteiger partial charge is 0.480 e. The van der Waals surface area contributed by atoms with E-state index in [-0.39, 0.29) is 0 Å². The standard InChI is InChI=1S/C10H8F5NO2/c11-9(12)5-1-2-7(16-4-8(17)18)6(3-5)10(13,14)15/h1-3,9,16H,4H2,(H,17,18). The van der Waals surface area contributed by atoms with Crippen molar-refractivity contribution in [2.75, 3.05) is 11.9 Å². The van der Waals surface area contributed by atoms with E-state index in [0.717, 1.165) is 12.1 Å². The third-order valence-electron chi connectivity index (χ3n) is 2.03. The summed E-state index contributed by atoms with van der Waals surface area (Å²) < 4.78 is 62.3. The van der Waals surface area contributed by atoms with Gasteiger partial charge in [-0.25, -0.2) is 8.78 Å². The molecule has 0 amide bonds. The van der Waals surface area contributed by atoms with Gasteiger partial charge in [0.1, 0.15) is 6.54 Å². The molecule has 3 nitrogen and oxygen atoms in total. The highest BCUT2D eigenvalue weighted by Gasteiger charge is 2.34. The number of hydrogen-bond donors (Lipinski definition) is 2. The molecule has 0 atom stereocenters. The molecule has 0 saturated carbocycles. The maximum absolute atomic E-state index is 12.6. The zero-order chi connectivity index (χ0) is 13.9. The lowest BCUT2D eigenvalue weighted by Gasteiger charge is -2.15. The van der Waals surface area contributed by atoms with E-state index in [2.05, 4.69) is 0 Å². The summed E-state index contributed by atoms with van der Waals surface area (Å²) in [6.45, 7) is -0.739. The molecule has 0 heterocycles. The van der Waals surface area contributed by atoms with Crippen LogP contribution in [0.25, 0.3) is 0 Å². The fourth-order valence-corrected chi connectivity index (χ4v) is 1.26. The summed E-state index contributed by atoms with van der Waals surface area (Å²) in [5.74, 6) is -1.36. The van der Waals surface area contributed by atoms with Crippen molar-refractivity contribution in [3.63, 3.8) is 0 Å². The van der Waals surface area contributed by atoms with Crippen LogP contribution in [0.2, 0.25) is 0 Å². The minimum Gasteiger partial charge on any atom is -0.480 e. The number of hydrogen-bond acceptors (Lipinski definition) is 2. The minimum absolute atomic E-state index is 0.300. The molecule has 1 aromatic carbocycles. The lowest BCUT2D eigenvalue weighted by Crippen LogP contribution is -2.16. The Kier molecular flexibility index (Phi) is 4.10. The first-order chi connectivity index (χ1) is 8.21. The quantitative estimate of drug-likeness (QED) is 0.825. The second-order valence-corrected chi connectivity index (χ2v) is 3.35. The van der Waals surface area contributed by atoms with Gasteiger partial charge >= 0.3 is 12.1 Å². The highest BCUT2D eigenvalue weighted by molar-refractivity contribution is 5.73. The van der Waals surface area contributed by atoms with Crippen molar-refractivity contribution in [2.24, 2.45) is 0 Å². The molecule has 0 aromatic heterocycles. The van der Waals surface area contributed by atoms with Gasteiger partial charge in [0, 0.05) is 11.3 Å². The summed E-state index contributed by atoms with van der Waals surface area (Å²) in [6.07, 6.45) is -7.87. The van der Waals surface area contributed by atoms with E-state index in [4.69, 9.17) is 5.11 Å². The Morgan fingerprint density at radius 1 is 1.33 bits per heavy atom. The van der Waals surface area contributed by atoms with Crippen LogP contribution in [0.4, 0.5) is 27.6 Å². The van der Waals surface area contributed by atoms with Crippen molar-refractivity contribution in [1.29, 1.82) is 0 Å². The summed E-state index contributed by atoms with van der Waals surface area (Å²) in [5.41, 5.74) is -2.64. The summed E-state index contributed by atoms with van der Waals surface area (Å²) in [4.78, 5) is 10.2. The molecule has 18 heavy (non-hydrogen) atoms. The van der Waals surface area contributed by atoms with Crippen LogP contribution in [0.15, 0.2) is 18.2 Å². The number of rotatable bonds is 4. The second-order valence-electron chi connectivity index (χ2n) is 3.35. The molecule has 0 bridgehead atoms. The van der Waals surface area contributed by atoms with E-state index in [1.165, 1.54) is 0 Å². The van der Waals surface area contributed by atoms with Gasteiger partial charge in [-0.15, -0.1) is 0 Å². The van der Waals surface area contributed by atoms with Crippen LogP contribution in [0.3, 0.4) is 0 Å². The van der Waals surface area contributed by atoms with Crippen molar-refractivity contribution in [3.05, 3.63) is 29.3 Å². The van der Waals surface area contributed by atoms with Crippen molar-refractivity contribution in [1.82, 2.24) is 0 Å². The molecule has 0 aliphatic rings. The van der Waals surface area contributed by atoms with Crippen molar-refractivity contribution < 1.29 is 31.9 Å². The lowest BCUT2D eigenvalue weighted by atomic mass is 10.1. The van der Waals surface area contributed by atoms with E-state index in [1.807, 2.05) is 5.32 Å². The van der Waals surface area contributed by atoms with Crippen LogP contribution in [0.5, 0.6) is 0 Å². The molecule has 0 radical (unpaired) electrons. The van der Waals surface area contributed by atoms with Gasteiger partial charge in [0.25, 0.3) is 6.43 Å². The Hall–Kier alpha value is -1.86. The summed E-state index contributed by atoms with van der Waals surface area (Å²) in [7, 11) is 0. The van der Waals surface area contributed by atoms with Crippen LogP contribution >= 0.6 is 0 Å². The minimum atomic E-state index is -4.84. The van der Waals surface area contributed by atoms with Crippen LogP contribution in [0.1, 0.15) is 17.6 Å². The van der Waals surface area contributed by atoms with Crippen LogP contribution < -0.4 is 5.32 Å². The number of aliphatic carboxylic acids is 1. The van der Waals surface area contributed by atoms with E-state index >= 15 is 0 Å². The van der Waals surface area contributed by atoms with E-state index in [1.54, 1.807) is 0 Å². The molecule has 100 valence electrons. The normalized spacial score (nSPS) is 11.7. The maximum Gasteiger partial charge on any atom is 0.418 e. The molecule has 0 aliphatic carbocycles. The van der Waals surface area contributed by atoms with E-state index in [9.17, 15) is 26.7 Å². The molecule has 1 rings (SSSR count). The fourth-order valence-electron chi connectivity index (χ4n) is 1.26. The third kappa shape index (κ3) is 3.57. The zero-order valence-corrected chi connectivity index (χ0v) is 8.76. The number of nitrogens with one attached hydrogen (secondary N) is 1. The Morgan fingerprint density at radius 2 is 1.94 bits per heavy atom. The number of benzene rings is 1. The number of anilines is 1. The average Bonchev–Trinajstić information content (AvgIpc) is 2.24. The van der Waals surface area contributed by atoms with Crippen molar-refractivity contribution in [3.8, 4) is 0 Å². The topological polar surface area (TPSA) is 49.3 Å². The van der Waals surface area contributed by atoms with Gasteiger partial charge < -0.3 is 10.4 Å². The van der Waals surface area contributed by atoms with Gasteiger partial charge in [0.15, 0.2) is 0 Å². The van der Waals surface area contributed by atoms with Gasteiger partial charge in [-0.05, 0) is 12.1 Å². The van der Waals surface area contributed by atoms with Crippen molar-refractivity contribution >= 4 is 11.7 Å². The summed E-state index contributed by atoms with van der Waals surface area (Å²) in [6, 6.07) is 1.90. The summed E-state index contributed by atoms with van der Waals surface area (Å²) in [5, 5.41) is 10.4. The Balaban J connectivity index is 3.13. The highest BCUT2D eigenvalue weighted by atomic mass is 19.4. The first-order valence-electron chi connectivity index (χ1n) is 4.66. The van der Waals surface area contributed by atoms with Gasteiger partial charge in [-0.1, -0.05) is 6.07 Å².